The van der Waals surface area contributed by atoms with Crippen LogP contribution in [0, 0.1) is 0 Å². The molecule has 5 aromatic rings. The molecule has 0 aliphatic carbocycles. The van der Waals surface area contributed by atoms with Gasteiger partial charge in [-0.25, -0.2) is 0 Å². The smallest absolute Gasteiger partial charge is 0.508 e. The third-order valence-corrected chi connectivity index (χ3v) is 13.0. The van der Waals surface area contributed by atoms with Crippen molar-refractivity contribution in [2.75, 3.05) is 45.2 Å². The van der Waals surface area contributed by atoms with E-state index in [9.17, 15) is 28.1 Å². The molecule has 0 fully saturated rings. The molecule has 3 amide bonds. The Balaban J connectivity index is 0.754. The highest BCUT2D eigenvalue weighted by Gasteiger charge is 2.24. The molecule has 1 aliphatic heterocycles. The fourth-order valence-electron chi connectivity index (χ4n) is 8.29. The monoisotopic (exact) mass is 970 g/mol. The number of unbranched alkanes of at least 4 members (excludes halogenated alkanes) is 6. The van der Waals surface area contributed by atoms with Gasteiger partial charge in [0.25, 0.3) is 5.91 Å². The molecule has 0 radical (unpaired) electrons. The van der Waals surface area contributed by atoms with E-state index in [4.69, 9.17) is 4.74 Å². The number of phenols is 1. The van der Waals surface area contributed by atoms with E-state index in [-0.39, 0.29) is 36.0 Å². The maximum absolute atomic E-state index is 14.0. The van der Waals surface area contributed by atoms with Gasteiger partial charge in [-0.15, -0.1) is 11.3 Å². The number of nitrogens with zero attached hydrogens (tertiary/aromatic N) is 2. The van der Waals surface area contributed by atoms with Crippen LogP contribution in [0.5, 0.6) is 11.5 Å². The highest BCUT2D eigenvalue weighted by atomic mass is 32.1. The third kappa shape index (κ3) is 17.1. The van der Waals surface area contributed by atoms with Gasteiger partial charge in [0.15, 0.2) is 6.61 Å². The minimum absolute atomic E-state index is 0.00706. The van der Waals surface area contributed by atoms with E-state index in [0.29, 0.717) is 48.8 Å². The van der Waals surface area contributed by atoms with Crippen molar-refractivity contribution in [3.63, 3.8) is 0 Å². The van der Waals surface area contributed by atoms with Crippen molar-refractivity contribution in [1.29, 1.82) is 0 Å². The Labute approximate surface area is 415 Å². The summed E-state index contributed by atoms with van der Waals surface area (Å²) in [6.45, 7) is 4.60. The summed E-state index contributed by atoms with van der Waals surface area (Å²) < 4.78 is 34.7. The lowest BCUT2D eigenvalue weighted by Crippen LogP contribution is -2.29. The molecular weight excluding hydrogens is 906 g/mol. The molecule has 11 nitrogen and oxygen atoms in total. The summed E-state index contributed by atoms with van der Waals surface area (Å²) in [6, 6.07) is 28.1. The first-order chi connectivity index (χ1) is 34.1. The van der Waals surface area contributed by atoms with Crippen LogP contribution in [0.25, 0.3) is 22.7 Å². The minimum atomic E-state index is -2.66. The summed E-state index contributed by atoms with van der Waals surface area (Å²) in [7, 11) is -0.979. The number of hydrogen-bond donors (Lipinski definition) is 5. The van der Waals surface area contributed by atoms with Crippen LogP contribution in [0.1, 0.15) is 105 Å². The van der Waals surface area contributed by atoms with Gasteiger partial charge < -0.3 is 35.6 Å². The molecule has 0 bridgehead atoms. The Morgan fingerprint density at radius 1 is 0.843 bits per heavy atom. The molecule has 2 aromatic heterocycles. The zero-order valence-corrected chi connectivity index (χ0v) is 41.0. The quantitative estimate of drug-likeness (QED) is 0.0161. The number of rotatable bonds is 26. The molecule has 3 aromatic carbocycles. The molecule has 1 aliphatic rings. The normalized spacial score (nSPS) is 14.1. The molecule has 15 heteroatoms. The molecule has 1 unspecified atom stereocenters. The number of phenolic OH excluding ortho intramolecular Hbond substituents is 1. The van der Waals surface area contributed by atoms with Crippen molar-refractivity contribution in [2.24, 2.45) is 4.99 Å². The van der Waals surface area contributed by atoms with Gasteiger partial charge in [0.1, 0.15) is 11.5 Å². The summed E-state index contributed by atoms with van der Waals surface area (Å²) >= 11 is 1.42. The van der Waals surface area contributed by atoms with Gasteiger partial charge in [-0.05, 0) is 152 Å². The van der Waals surface area contributed by atoms with E-state index < -0.39 is 7.40 Å². The van der Waals surface area contributed by atoms with Gasteiger partial charge in [-0.3, -0.25) is 28.0 Å². The number of ether oxygens (including phenoxy) is 1. The van der Waals surface area contributed by atoms with E-state index in [1.165, 1.54) is 16.9 Å². The zero-order valence-electron chi connectivity index (χ0n) is 40.2. The van der Waals surface area contributed by atoms with Crippen LogP contribution in [0.4, 0.5) is 14.3 Å². The Kier molecular flexibility index (Phi) is 21.3. The Bertz CT molecular complexity index is 2570. The Hall–Kier alpha value is -6.58. The zero-order chi connectivity index (χ0) is 49.5. The van der Waals surface area contributed by atoms with Crippen LogP contribution in [0.2, 0.25) is 0 Å². The minimum Gasteiger partial charge on any atom is -0.508 e. The first-order valence-corrected chi connectivity index (χ1v) is 25.2. The highest BCUT2D eigenvalue weighted by Crippen LogP contribution is 2.33. The maximum atomic E-state index is 14.0. The van der Waals surface area contributed by atoms with Crippen molar-refractivity contribution in [3.05, 3.63) is 148 Å². The fourth-order valence-corrected chi connectivity index (χ4v) is 9.04. The first-order valence-electron chi connectivity index (χ1n) is 24.3. The van der Waals surface area contributed by atoms with Crippen molar-refractivity contribution in [1.82, 2.24) is 20.4 Å². The molecule has 6 rings (SSSR count). The summed E-state index contributed by atoms with van der Waals surface area (Å²) in [4.78, 5) is 42.4. The molecule has 1 atom stereocenters. The van der Waals surface area contributed by atoms with Crippen LogP contribution >= 0.6 is 11.3 Å². The number of nitrogens with one attached hydrogen (secondary N) is 4. The number of halogens is 2. The lowest BCUT2D eigenvalue weighted by molar-refractivity contribution is -0.123. The second-order valence-corrected chi connectivity index (χ2v) is 18.4. The highest BCUT2D eigenvalue weighted by molar-refractivity contribution is 7.13. The number of amides is 3. The van der Waals surface area contributed by atoms with E-state index in [2.05, 4.69) is 38.4 Å². The number of aromatic hydroxyl groups is 1. The van der Waals surface area contributed by atoms with Crippen LogP contribution in [-0.2, 0) is 20.8 Å². The van der Waals surface area contributed by atoms with Crippen LogP contribution in [0.3, 0.4) is 0 Å². The molecule has 3 heterocycles. The van der Waals surface area contributed by atoms with Crippen LogP contribution in [0.15, 0.2) is 125 Å². The van der Waals surface area contributed by atoms with Gasteiger partial charge >= 0.3 is 7.40 Å². The Morgan fingerprint density at radius 3 is 2.29 bits per heavy atom. The first kappa shape index (κ1) is 52.8. The fraction of sp³-hybridized carbons (Fsp3) is 0.345. The number of carbonyl (C=O) groups excluding carboxylic acids is 3. The topological polar surface area (TPSA) is 146 Å². The van der Waals surface area contributed by atoms with E-state index >= 15 is 0 Å². The lowest BCUT2D eigenvalue weighted by Gasteiger charge is -2.19. The summed E-state index contributed by atoms with van der Waals surface area (Å²) in [5.74, 6) is 0.817. The van der Waals surface area contributed by atoms with Gasteiger partial charge in [0.05, 0.1) is 11.4 Å². The number of anilines is 1. The predicted octanol–water partition coefficient (Wildman–Crippen LogP) is 10.9. The number of benzene rings is 3. The summed E-state index contributed by atoms with van der Waals surface area (Å²) in [5.41, 5.74) is 7.63. The standard InChI is InChI=1S/C55H65BF2N6O5S/c1-40(36-46-26-30-51(64(46)56(57)58)52-12-11-35-70-52)15-22-44(59-2)23-16-41-17-28-48(29-18-41)69-39-55(68)62-33-10-6-8-13-53(66)61-32-9-5-3-4-7-14-54(67)63-45-24-19-42(20-25-45)50-38-60-34-31-43-21-27-47(65)37-49(43)50/h11-12,15-30,35-37,50,60,65H,3-10,13-14,31-34,38-39H2,1-2H3,(H,61,66)(H,62,68)(H,63,67)/b22-15-,23-16+,40-36+,59-44-. The van der Waals surface area contributed by atoms with Crippen molar-refractivity contribution < 1.29 is 32.9 Å². The molecule has 368 valence electrons. The largest absolute Gasteiger partial charge is 0.678 e. The van der Waals surface area contributed by atoms with Gasteiger partial charge in [0, 0.05) is 61.7 Å². The van der Waals surface area contributed by atoms with Crippen LogP contribution < -0.4 is 26.0 Å². The molecule has 0 saturated carbocycles. The number of allylic oxidation sites excluding steroid dienone is 4. The average molecular weight is 971 g/mol. The molecule has 70 heavy (non-hydrogen) atoms. The maximum Gasteiger partial charge on any atom is 0.678 e. The van der Waals surface area contributed by atoms with Gasteiger partial charge in [-0.2, -0.15) is 0 Å². The van der Waals surface area contributed by atoms with Crippen molar-refractivity contribution >= 4 is 60.0 Å². The second kappa shape index (κ2) is 28.2. The number of thiophene rings is 1. The van der Waals surface area contributed by atoms with Gasteiger partial charge in [0.2, 0.25) is 11.8 Å². The second-order valence-electron chi connectivity index (χ2n) is 17.4. The molecule has 5 N–H and O–H groups in total. The summed E-state index contributed by atoms with van der Waals surface area (Å²) in [6.07, 6.45) is 18.0. The summed E-state index contributed by atoms with van der Waals surface area (Å²) in [5, 5.41) is 24.4. The number of carbonyl (C=O) groups is 3. The predicted molar refractivity (Wildman–Crippen MR) is 282 cm³/mol. The number of hydrogen-bond acceptors (Lipinski definition) is 8. The van der Waals surface area contributed by atoms with Gasteiger partial charge in [-0.1, -0.05) is 74.2 Å². The molecular formula is C55H65BF2N6O5S. The average Bonchev–Trinajstić information content (AvgIpc) is 4.00. The van der Waals surface area contributed by atoms with Crippen LogP contribution in [-0.4, -0.2) is 80.3 Å². The number of fused-ring (bicyclic) bond motifs is 1. The molecule has 0 saturated heterocycles. The molecule has 0 spiro atoms. The Morgan fingerprint density at radius 2 is 1.56 bits per heavy atom. The van der Waals surface area contributed by atoms with E-state index in [1.54, 1.807) is 43.5 Å². The number of aliphatic imine (C=N–C) groups is 1. The SMILES string of the molecule is C/N=C(/C=C\C(C)=C\c1ccc(-c2cccs2)n1B(F)F)\C=C\c1ccc(OCC(=O)NCCCCCC(=O)NCCCCCCCC(=O)Nc2ccc(C3CNCCc4ccc(O)cc43)cc2)cc1. The van der Waals surface area contributed by atoms with Crippen molar-refractivity contribution in [3.8, 4) is 22.1 Å². The van der Waals surface area contributed by atoms with E-state index in [1.807, 2.05) is 85.1 Å². The van der Waals surface area contributed by atoms with E-state index in [0.717, 1.165) is 108 Å². The third-order valence-electron chi connectivity index (χ3n) is 12.1. The van der Waals surface area contributed by atoms with Crippen molar-refractivity contribution in [2.45, 2.75) is 83.5 Å². The number of aromatic nitrogens is 1. The lowest BCUT2D eigenvalue weighted by atomic mass is 9.88.